The van der Waals surface area contributed by atoms with Gasteiger partial charge in [0.1, 0.15) is 0 Å². The van der Waals surface area contributed by atoms with Crippen molar-refractivity contribution in [3.8, 4) is 0 Å². The number of rotatable bonds is 2. The van der Waals surface area contributed by atoms with Gasteiger partial charge in [-0.1, -0.05) is 18.2 Å². The molecule has 6 nitrogen and oxygen atoms in total. The summed E-state index contributed by atoms with van der Waals surface area (Å²) in [5.41, 5.74) is 1.82. The highest BCUT2D eigenvalue weighted by molar-refractivity contribution is 6.05. The number of hydrogen-bond acceptors (Lipinski definition) is 4. The highest BCUT2D eigenvalue weighted by atomic mass is 16.2. The second-order valence-electron chi connectivity index (χ2n) is 5.48. The Morgan fingerprint density at radius 1 is 0.952 bits per heavy atom. The molecule has 0 bridgehead atoms. The van der Waals surface area contributed by atoms with Crippen molar-refractivity contribution in [1.29, 1.82) is 0 Å². The van der Waals surface area contributed by atoms with E-state index < -0.39 is 6.04 Å². The smallest absolute Gasteiger partial charge is 0.246 e. The van der Waals surface area contributed by atoms with E-state index >= 15 is 0 Å². The number of imide groups is 1. The molecule has 2 aliphatic rings. The van der Waals surface area contributed by atoms with Crippen LogP contribution in [-0.4, -0.2) is 42.8 Å². The Labute approximate surface area is 122 Å². The number of nitrogens with zero attached hydrogens (tertiary/aromatic N) is 2. The first-order valence-electron chi connectivity index (χ1n) is 6.91. The van der Waals surface area contributed by atoms with Gasteiger partial charge >= 0.3 is 0 Å². The number of carbonyl (C=O) groups is 3. The van der Waals surface area contributed by atoms with Crippen molar-refractivity contribution in [3.05, 3.63) is 29.8 Å². The molecule has 2 heterocycles. The van der Waals surface area contributed by atoms with Gasteiger partial charge in [-0.25, -0.2) is 0 Å². The van der Waals surface area contributed by atoms with Crippen LogP contribution in [0.25, 0.3) is 0 Å². The van der Waals surface area contributed by atoms with Gasteiger partial charge in [0.2, 0.25) is 17.7 Å². The lowest BCUT2D eigenvalue weighted by atomic mass is 9.95. The number of amides is 3. The molecule has 3 rings (SSSR count). The third-order valence-electron chi connectivity index (χ3n) is 4.21. The van der Waals surface area contributed by atoms with E-state index in [4.69, 9.17) is 0 Å². The molecule has 2 aliphatic heterocycles. The Hall–Kier alpha value is -2.21. The Balaban J connectivity index is 1.87. The average molecular weight is 287 g/mol. The Morgan fingerprint density at radius 3 is 2.24 bits per heavy atom. The minimum Gasteiger partial charge on any atom is -0.315 e. The van der Waals surface area contributed by atoms with Gasteiger partial charge in [0.05, 0.1) is 12.5 Å². The number of likely N-dealkylation sites (tertiary alicyclic amines) is 1. The maximum atomic E-state index is 12.1. The molecule has 0 radical (unpaired) electrons. The quantitative estimate of drug-likeness (QED) is 0.801. The zero-order valence-corrected chi connectivity index (χ0v) is 12.0. The van der Waals surface area contributed by atoms with Crippen LogP contribution in [0.15, 0.2) is 24.3 Å². The summed E-state index contributed by atoms with van der Waals surface area (Å²) in [6.07, 6.45) is 0.438. The molecular formula is C15H17N3O3. The second-order valence-corrected chi connectivity index (χ2v) is 5.48. The molecule has 6 heteroatoms. The summed E-state index contributed by atoms with van der Waals surface area (Å²) in [6.45, 7) is 0. The fourth-order valence-corrected chi connectivity index (χ4v) is 2.92. The molecule has 2 unspecified atom stereocenters. The fraction of sp³-hybridized carbons (Fsp3) is 0.400. The molecule has 2 atom stereocenters. The van der Waals surface area contributed by atoms with Crippen molar-refractivity contribution in [1.82, 2.24) is 10.2 Å². The molecule has 1 N–H and O–H groups in total. The monoisotopic (exact) mass is 287 g/mol. The number of benzene rings is 1. The van der Waals surface area contributed by atoms with E-state index in [2.05, 4.69) is 5.32 Å². The second kappa shape index (κ2) is 4.96. The van der Waals surface area contributed by atoms with Gasteiger partial charge in [-0.2, -0.15) is 0 Å². The maximum Gasteiger partial charge on any atom is 0.246 e. The van der Waals surface area contributed by atoms with Crippen LogP contribution in [-0.2, 0) is 14.4 Å². The van der Waals surface area contributed by atoms with Crippen molar-refractivity contribution in [3.63, 3.8) is 0 Å². The van der Waals surface area contributed by atoms with Crippen LogP contribution >= 0.6 is 0 Å². The van der Waals surface area contributed by atoms with Crippen LogP contribution in [0.4, 0.5) is 5.69 Å². The Morgan fingerprint density at radius 2 is 1.57 bits per heavy atom. The third kappa shape index (κ3) is 2.21. The van der Waals surface area contributed by atoms with E-state index in [0.717, 1.165) is 16.2 Å². The summed E-state index contributed by atoms with van der Waals surface area (Å²) in [5.74, 6) is -0.426. The molecule has 0 spiro atoms. The van der Waals surface area contributed by atoms with Gasteiger partial charge in [0, 0.05) is 32.2 Å². The van der Waals surface area contributed by atoms with Crippen molar-refractivity contribution >= 4 is 23.4 Å². The Bertz CT molecular complexity index is 628. The first kappa shape index (κ1) is 13.8. The highest BCUT2D eigenvalue weighted by Crippen LogP contribution is 2.34. The number of anilines is 1. The molecule has 21 heavy (non-hydrogen) atoms. The molecular weight excluding hydrogens is 270 g/mol. The predicted molar refractivity (Wildman–Crippen MR) is 76.5 cm³/mol. The summed E-state index contributed by atoms with van der Waals surface area (Å²) in [6, 6.07) is 6.83. The van der Waals surface area contributed by atoms with E-state index in [9.17, 15) is 14.4 Å². The number of likely N-dealkylation sites (N-methyl/N-ethyl adjacent to an activating group) is 1. The molecule has 0 saturated carbocycles. The maximum absolute atomic E-state index is 12.1. The largest absolute Gasteiger partial charge is 0.315 e. The molecule has 0 aromatic heterocycles. The first-order valence-corrected chi connectivity index (χ1v) is 6.91. The number of hydrogen-bond donors (Lipinski definition) is 1. The van der Waals surface area contributed by atoms with Crippen LogP contribution in [0.3, 0.4) is 0 Å². The van der Waals surface area contributed by atoms with E-state index in [-0.39, 0.29) is 36.6 Å². The summed E-state index contributed by atoms with van der Waals surface area (Å²) in [4.78, 5) is 38.4. The van der Waals surface area contributed by atoms with Gasteiger partial charge in [0.15, 0.2) is 0 Å². The lowest BCUT2D eigenvalue weighted by Crippen LogP contribution is -2.44. The number of nitrogens with one attached hydrogen (secondary N) is 1. The van der Waals surface area contributed by atoms with Crippen LogP contribution in [0.1, 0.15) is 24.4 Å². The molecule has 1 saturated heterocycles. The standard InChI is InChI=1S/C15H17N3O3/c1-17-12-6-4-3-5-9(12)10(7-13(17)19)16-11-8-14(20)18(2)15(11)21/h3-6,10-11,16H,7-8H2,1-2H3. The summed E-state index contributed by atoms with van der Waals surface area (Å²) >= 11 is 0. The van der Waals surface area contributed by atoms with E-state index in [0.29, 0.717) is 0 Å². The van der Waals surface area contributed by atoms with Crippen molar-refractivity contribution in [2.75, 3.05) is 19.0 Å². The van der Waals surface area contributed by atoms with Gasteiger partial charge in [0.25, 0.3) is 0 Å². The predicted octanol–water partition coefficient (Wildman–Crippen LogP) is 0.441. The summed E-state index contributed by atoms with van der Waals surface area (Å²) in [5, 5.41) is 3.18. The number of carbonyl (C=O) groups excluding carboxylic acids is 3. The molecule has 110 valence electrons. The van der Waals surface area contributed by atoms with Crippen LogP contribution in [0, 0.1) is 0 Å². The van der Waals surface area contributed by atoms with Gasteiger partial charge in [-0.15, -0.1) is 0 Å². The first-order chi connectivity index (χ1) is 9.99. The van der Waals surface area contributed by atoms with Crippen LogP contribution in [0.5, 0.6) is 0 Å². The molecule has 1 fully saturated rings. The normalized spacial score (nSPS) is 25.5. The number of fused-ring (bicyclic) bond motifs is 1. The molecule has 1 aromatic rings. The summed E-state index contributed by atoms with van der Waals surface area (Å²) in [7, 11) is 3.23. The Kier molecular flexibility index (Phi) is 3.25. The average Bonchev–Trinajstić information content (AvgIpc) is 2.72. The van der Waals surface area contributed by atoms with Gasteiger partial charge in [-0.3, -0.25) is 24.6 Å². The SMILES string of the molecule is CN1C(=O)CC(NC2CC(=O)N(C)c3ccccc32)C1=O. The van der Waals surface area contributed by atoms with Crippen molar-refractivity contribution in [2.24, 2.45) is 0 Å². The van der Waals surface area contributed by atoms with Crippen LogP contribution < -0.4 is 10.2 Å². The van der Waals surface area contributed by atoms with Crippen molar-refractivity contribution < 1.29 is 14.4 Å². The van der Waals surface area contributed by atoms with Gasteiger partial charge in [-0.05, 0) is 11.6 Å². The van der Waals surface area contributed by atoms with E-state index in [1.54, 1.807) is 11.9 Å². The minimum absolute atomic E-state index is 0.00340. The third-order valence-corrected chi connectivity index (χ3v) is 4.21. The molecule has 3 amide bonds. The lowest BCUT2D eigenvalue weighted by molar-refractivity contribution is -0.137. The lowest BCUT2D eigenvalue weighted by Gasteiger charge is -2.33. The van der Waals surface area contributed by atoms with Crippen molar-refractivity contribution in [2.45, 2.75) is 24.9 Å². The zero-order chi connectivity index (χ0) is 15.1. The molecule has 0 aliphatic carbocycles. The highest BCUT2D eigenvalue weighted by Gasteiger charge is 2.39. The minimum atomic E-state index is -0.545. The molecule has 1 aromatic carbocycles. The van der Waals surface area contributed by atoms with E-state index in [1.807, 2.05) is 24.3 Å². The topological polar surface area (TPSA) is 69.7 Å². The fourth-order valence-electron chi connectivity index (χ4n) is 2.92. The zero-order valence-electron chi connectivity index (χ0n) is 12.0. The van der Waals surface area contributed by atoms with Crippen LogP contribution in [0.2, 0.25) is 0 Å². The number of para-hydroxylation sites is 1. The summed E-state index contributed by atoms with van der Waals surface area (Å²) < 4.78 is 0. The van der Waals surface area contributed by atoms with E-state index in [1.165, 1.54) is 7.05 Å². The van der Waals surface area contributed by atoms with Gasteiger partial charge < -0.3 is 4.90 Å².